The number of rotatable bonds is 7. The lowest BCUT2D eigenvalue weighted by Gasteiger charge is -2.18. The molecule has 4 aromatic heterocycles. The van der Waals surface area contributed by atoms with Crippen molar-refractivity contribution in [2.45, 2.75) is 33.4 Å². The zero-order valence-electron chi connectivity index (χ0n) is 22.7. The second-order valence-corrected chi connectivity index (χ2v) is 10.6. The van der Waals surface area contributed by atoms with E-state index in [9.17, 15) is 13.6 Å². The van der Waals surface area contributed by atoms with Crippen molar-refractivity contribution in [3.05, 3.63) is 93.5 Å². The monoisotopic (exact) mass is 572 g/mol. The smallest absolute Gasteiger partial charge is 0.387 e. The zero-order chi connectivity index (χ0) is 28.8. The van der Waals surface area contributed by atoms with Crippen molar-refractivity contribution in [1.29, 1.82) is 0 Å². The van der Waals surface area contributed by atoms with Crippen molar-refractivity contribution in [3.63, 3.8) is 0 Å². The fourth-order valence-corrected chi connectivity index (χ4v) is 6.16. The SMILES string of the molecule is CNc1ncnc2c1c(-c1ccc(OC(F)F)c(C)c1)nn2[C@@H](C)c1cc2scc(C)n2c(=O)c1-c1ccccc1. The fourth-order valence-electron chi connectivity index (χ4n) is 5.24. The molecule has 0 aliphatic rings. The maximum atomic E-state index is 13.9. The number of hydrogen-bond donors (Lipinski definition) is 1. The molecule has 0 aliphatic carbocycles. The summed E-state index contributed by atoms with van der Waals surface area (Å²) >= 11 is 1.51. The minimum Gasteiger partial charge on any atom is -0.435 e. The van der Waals surface area contributed by atoms with Gasteiger partial charge in [0, 0.05) is 23.7 Å². The minimum absolute atomic E-state index is 0.0956. The Bertz CT molecular complexity index is 1970. The third-order valence-corrected chi connectivity index (χ3v) is 8.18. The van der Waals surface area contributed by atoms with Gasteiger partial charge in [-0.2, -0.15) is 13.9 Å². The number of pyridine rings is 1. The number of alkyl halides is 2. The van der Waals surface area contributed by atoms with Crippen molar-refractivity contribution in [2.75, 3.05) is 12.4 Å². The van der Waals surface area contributed by atoms with Gasteiger partial charge in [-0.05, 0) is 61.7 Å². The number of benzene rings is 2. The molecule has 0 saturated heterocycles. The molecule has 1 atom stereocenters. The predicted octanol–water partition coefficient (Wildman–Crippen LogP) is 6.70. The van der Waals surface area contributed by atoms with Crippen molar-refractivity contribution in [3.8, 4) is 28.1 Å². The first-order chi connectivity index (χ1) is 19.8. The molecule has 0 unspecified atom stereocenters. The summed E-state index contributed by atoms with van der Waals surface area (Å²) in [6.45, 7) is 2.69. The van der Waals surface area contributed by atoms with E-state index >= 15 is 0 Å². The molecule has 4 heterocycles. The van der Waals surface area contributed by atoms with Crippen LogP contribution < -0.4 is 15.6 Å². The molecule has 0 bridgehead atoms. The van der Waals surface area contributed by atoms with Gasteiger partial charge in [0.05, 0.1) is 17.0 Å². The van der Waals surface area contributed by atoms with Gasteiger partial charge in [-0.25, -0.2) is 14.6 Å². The highest BCUT2D eigenvalue weighted by Crippen LogP contribution is 2.37. The Morgan fingerprint density at radius 2 is 1.80 bits per heavy atom. The highest BCUT2D eigenvalue weighted by molar-refractivity contribution is 7.15. The van der Waals surface area contributed by atoms with Crippen LogP contribution in [0.4, 0.5) is 14.6 Å². The second-order valence-electron chi connectivity index (χ2n) is 9.70. The van der Waals surface area contributed by atoms with E-state index in [2.05, 4.69) is 20.0 Å². The normalized spacial score (nSPS) is 12.4. The molecule has 1 N–H and O–H groups in total. The summed E-state index contributed by atoms with van der Waals surface area (Å²) in [7, 11) is 1.76. The molecule has 6 rings (SSSR count). The van der Waals surface area contributed by atoms with Crippen LogP contribution in [0.15, 0.2) is 71.1 Å². The summed E-state index contributed by atoms with van der Waals surface area (Å²) < 4.78 is 33.9. The molecule has 2 aromatic carbocycles. The summed E-state index contributed by atoms with van der Waals surface area (Å²) in [6, 6.07) is 16.2. The summed E-state index contributed by atoms with van der Waals surface area (Å²) in [5, 5.41) is 10.8. The zero-order valence-corrected chi connectivity index (χ0v) is 23.5. The number of ether oxygens (including phenoxy) is 1. The van der Waals surface area contributed by atoms with E-state index in [-0.39, 0.29) is 11.3 Å². The minimum atomic E-state index is -2.92. The molecular weight excluding hydrogens is 546 g/mol. The number of thiazole rings is 1. The van der Waals surface area contributed by atoms with Crippen LogP contribution in [0, 0.1) is 13.8 Å². The highest BCUT2D eigenvalue weighted by Gasteiger charge is 2.26. The quantitative estimate of drug-likeness (QED) is 0.229. The van der Waals surface area contributed by atoms with Gasteiger partial charge < -0.3 is 10.1 Å². The fraction of sp³-hybridized carbons (Fsp3) is 0.200. The number of fused-ring (bicyclic) bond motifs is 2. The summed E-state index contributed by atoms with van der Waals surface area (Å²) in [4.78, 5) is 23.8. The van der Waals surface area contributed by atoms with Crippen LogP contribution in [0.5, 0.6) is 5.75 Å². The van der Waals surface area contributed by atoms with Crippen LogP contribution in [0.2, 0.25) is 0 Å². The van der Waals surface area contributed by atoms with Gasteiger partial charge in [-0.3, -0.25) is 9.20 Å². The van der Waals surface area contributed by atoms with E-state index in [1.54, 1.807) is 35.2 Å². The van der Waals surface area contributed by atoms with Gasteiger partial charge in [0.2, 0.25) is 0 Å². The van der Waals surface area contributed by atoms with Gasteiger partial charge >= 0.3 is 6.61 Å². The molecule has 8 nitrogen and oxygen atoms in total. The molecular formula is C30H26F2N6O2S. The van der Waals surface area contributed by atoms with Gasteiger partial charge in [0.25, 0.3) is 5.56 Å². The van der Waals surface area contributed by atoms with Gasteiger partial charge in [-0.15, -0.1) is 11.3 Å². The van der Waals surface area contributed by atoms with Crippen LogP contribution in [0.25, 0.3) is 38.2 Å². The molecule has 0 radical (unpaired) electrons. The van der Waals surface area contributed by atoms with Gasteiger partial charge in [0.1, 0.15) is 28.4 Å². The number of halogens is 2. The van der Waals surface area contributed by atoms with Crippen LogP contribution in [0.3, 0.4) is 0 Å². The summed E-state index contributed by atoms with van der Waals surface area (Å²) in [6.07, 6.45) is 1.46. The van der Waals surface area contributed by atoms with Crippen LogP contribution in [-0.2, 0) is 0 Å². The third-order valence-electron chi connectivity index (χ3n) is 7.18. The van der Waals surface area contributed by atoms with Crippen molar-refractivity contribution >= 4 is 33.0 Å². The first kappa shape index (κ1) is 26.6. The maximum absolute atomic E-state index is 13.9. The Labute approximate surface area is 237 Å². The summed E-state index contributed by atoms with van der Waals surface area (Å²) in [5.41, 5.74) is 5.37. The van der Waals surface area contributed by atoms with Crippen molar-refractivity contribution in [2.24, 2.45) is 0 Å². The molecule has 41 heavy (non-hydrogen) atoms. The number of nitrogens with one attached hydrogen (secondary N) is 1. The Kier molecular flexibility index (Phi) is 6.74. The van der Waals surface area contributed by atoms with E-state index in [1.807, 2.05) is 55.6 Å². The van der Waals surface area contributed by atoms with Crippen molar-refractivity contribution < 1.29 is 13.5 Å². The molecule has 0 spiro atoms. The summed E-state index contributed by atoms with van der Waals surface area (Å²) in [5.74, 6) is 0.667. The first-order valence-corrected chi connectivity index (χ1v) is 13.8. The molecule has 11 heteroatoms. The molecule has 0 aliphatic heterocycles. The molecule has 6 aromatic rings. The standard InChI is InChI=1S/C30H26F2N6O2S/c1-16-12-20(10-11-22(16)40-30(31)32)26-25-27(33-4)34-15-35-28(25)38(36-26)18(3)21-13-23-37(17(2)14-41-23)29(39)24(21)19-8-6-5-7-9-19/h5-15,18,30H,1-4H3,(H,33,34,35)/t18-/m0/s1. The molecule has 0 saturated carbocycles. The lowest BCUT2D eigenvalue weighted by molar-refractivity contribution is -0.0502. The van der Waals surface area contributed by atoms with Gasteiger partial charge in [0.15, 0.2) is 5.65 Å². The number of aromatic nitrogens is 5. The Hall–Kier alpha value is -4.64. The molecule has 0 amide bonds. The lowest BCUT2D eigenvalue weighted by Crippen LogP contribution is -2.21. The number of aryl methyl sites for hydroxylation is 2. The molecule has 0 fully saturated rings. The van der Waals surface area contributed by atoms with Crippen molar-refractivity contribution in [1.82, 2.24) is 24.1 Å². The van der Waals surface area contributed by atoms with E-state index in [1.165, 1.54) is 23.7 Å². The largest absolute Gasteiger partial charge is 0.435 e. The predicted molar refractivity (Wildman–Crippen MR) is 157 cm³/mol. The average molecular weight is 573 g/mol. The maximum Gasteiger partial charge on any atom is 0.387 e. The van der Waals surface area contributed by atoms with Gasteiger partial charge in [-0.1, -0.05) is 30.3 Å². The Balaban J connectivity index is 1.59. The second kappa shape index (κ2) is 10.4. The van der Waals surface area contributed by atoms with E-state index in [4.69, 9.17) is 5.10 Å². The van der Waals surface area contributed by atoms with E-state index in [0.29, 0.717) is 39.2 Å². The van der Waals surface area contributed by atoms with Crippen LogP contribution >= 0.6 is 11.3 Å². The topological polar surface area (TPSA) is 86.3 Å². The van der Waals surface area contributed by atoms with E-state index < -0.39 is 12.7 Å². The number of hydrogen-bond acceptors (Lipinski definition) is 7. The Morgan fingerprint density at radius 3 is 2.51 bits per heavy atom. The average Bonchev–Trinajstić information content (AvgIpc) is 3.55. The number of anilines is 1. The third kappa shape index (κ3) is 4.51. The van der Waals surface area contributed by atoms with Crippen LogP contribution in [-0.4, -0.2) is 37.8 Å². The lowest BCUT2D eigenvalue weighted by atomic mass is 9.97. The Morgan fingerprint density at radius 1 is 1.02 bits per heavy atom. The van der Waals surface area contributed by atoms with Crippen LogP contribution in [0.1, 0.15) is 29.8 Å². The van der Waals surface area contributed by atoms with E-state index in [0.717, 1.165) is 21.7 Å². The number of nitrogens with zero attached hydrogens (tertiary/aromatic N) is 5. The highest BCUT2D eigenvalue weighted by atomic mass is 32.1. The molecule has 208 valence electrons. The first-order valence-electron chi connectivity index (χ1n) is 12.9.